The lowest BCUT2D eigenvalue weighted by atomic mass is 10.1. The number of rotatable bonds is 2. The fraction of sp³-hybridized carbons (Fsp3) is 0.364. The molecule has 1 saturated heterocycles. The lowest BCUT2D eigenvalue weighted by Crippen LogP contribution is -2.26. The molecular weight excluding hydrogens is 228 g/mol. The molecule has 1 aromatic carbocycles. The van der Waals surface area contributed by atoms with E-state index in [0.29, 0.717) is 19.5 Å². The third-order valence-corrected chi connectivity index (χ3v) is 2.90. The first-order valence-corrected chi connectivity index (χ1v) is 5.28. The molecule has 0 spiro atoms. The quantitative estimate of drug-likeness (QED) is 0.754. The van der Waals surface area contributed by atoms with Crippen LogP contribution in [-0.2, 0) is 4.79 Å². The third kappa shape index (κ3) is 2.08. The van der Waals surface area contributed by atoms with Crippen LogP contribution in [0.2, 0.25) is 0 Å². The summed E-state index contributed by atoms with van der Waals surface area (Å²) in [6.07, 6.45) is 0.314. The van der Waals surface area contributed by atoms with Crippen LogP contribution < -0.4 is 16.4 Å². The van der Waals surface area contributed by atoms with Crippen molar-refractivity contribution in [1.29, 1.82) is 0 Å². The van der Waals surface area contributed by atoms with Gasteiger partial charge in [-0.1, -0.05) is 0 Å². The van der Waals surface area contributed by atoms with Gasteiger partial charge in [0.15, 0.2) is 11.6 Å². The molecule has 0 saturated carbocycles. The predicted octanol–water partition coefficient (Wildman–Crippen LogP) is 0.859. The summed E-state index contributed by atoms with van der Waals surface area (Å²) in [5.41, 5.74) is 11.3. The summed E-state index contributed by atoms with van der Waals surface area (Å²) >= 11 is 0. The molecule has 1 unspecified atom stereocenters. The van der Waals surface area contributed by atoms with Gasteiger partial charge in [0.05, 0.1) is 11.4 Å². The van der Waals surface area contributed by atoms with E-state index in [1.165, 1.54) is 4.90 Å². The van der Waals surface area contributed by atoms with Crippen molar-refractivity contribution in [3.63, 3.8) is 0 Å². The Balaban J connectivity index is 2.35. The molecule has 1 aromatic rings. The number of amides is 1. The van der Waals surface area contributed by atoms with E-state index in [-0.39, 0.29) is 23.2 Å². The molecule has 1 aliphatic rings. The van der Waals surface area contributed by atoms with E-state index in [1.807, 2.05) is 0 Å². The standard InChI is InChI=1S/C11H13F2N3O/c12-7-2-9(15)10(3-8(7)13)16-5-6(4-14)1-11(16)17/h2-3,6H,1,4-5,14-15H2. The van der Waals surface area contributed by atoms with E-state index in [9.17, 15) is 13.6 Å². The minimum Gasteiger partial charge on any atom is -0.397 e. The van der Waals surface area contributed by atoms with Gasteiger partial charge in [-0.25, -0.2) is 8.78 Å². The van der Waals surface area contributed by atoms with Crippen LogP contribution >= 0.6 is 0 Å². The number of nitrogen functional groups attached to an aromatic ring is 1. The van der Waals surface area contributed by atoms with Gasteiger partial charge in [0.25, 0.3) is 0 Å². The molecule has 1 atom stereocenters. The number of hydrogen-bond donors (Lipinski definition) is 2. The largest absolute Gasteiger partial charge is 0.397 e. The van der Waals surface area contributed by atoms with Gasteiger partial charge in [0.1, 0.15) is 0 Å². The SMILES string of the molecule is NCC1CC(=O)N(c2cc(F)c(F)cc2N)C1. The zero-order valence-corrected chi connectivity index (χ0v) is 9.12. The highest BCUT2D eigenvalue weighted by molar-refractivity contribution is 5.98. The Kier molecular flexibility index (Phi) is 2.97. The van der Waals surface area contributed by atoms with Crippen LogP contribution in [0.3, 0.4) is 0 Å². The van der Waals surface area contributed by atoms with Crippen molar-refractivity contribution in [1.82, 2.24) is 0 Å². The second-order valence-corrected chi connectivity index (χ2v) is 4.14. The van der Waals surface area contributed by atoms with Gasteiger partial charge in [-0.3, -0.25) is 4.79 Å². The van der Waals surface area contributed by atoms with E-state index in [0.717, 1.165) is 12.1 Å². The molecule has 6 heteroatoms. The van der Waals surface area contributed by atoms with Crippen molar-refractivity contribution in [3.8, 4) is 0 Å². The highest BCUT2D eigenvalue weighted by atomic mass is 19.2. The fourth-order valence-electron chi connectivity index (χ4n) is 1.96. The number of carbonyl (C=O) groups is 1. The predicted molar refractivity (Wildman–Crippen MR) is 60.3 cm³/mol. The number of hydrogen-bond acceptors (Lipinski definition) is 3. The number of carbonyl (C=O) groups excluding carboxylic acids is 1. The summed E-state index contributed by atoms with van der Waals surface area (Å²) in [5.74, 6) is -2.17. The van der Waals surface area contributed by atoms with Crippen molar-refractivity contribution in [2.75, 3.05) is 23.7 Å². The number of halogens is 2. The lowest BCUT2D eigenvalue weighted by molar-refractivity contribution is -0.117. The Bertz CT molecular complexity index is 464. The number of nitrogens with two attached hydrogens (primary N) is 2. The van der Waals surface area contributed by atoms with Crippen LogP contribution in [0.1, 0.15) is 6.42 Å². The summed E-state index contributed by atoms with van der Waals surface area (Å²) in [7, 11) is 0. The van der Waals surface area contributed by atoms with Crippen molar-refractivity contribution in [3.05, 3.63) is 23.8 Å². The van der Waals surface area contributed by atoms with E-state index in [4.69, 9.17) is 11.5 Å². The molecule has 0 aromatic heterocycles. The first-order chi connectivity index (χ1) is 8.02. The molecule has 1 heterocycles. The molecule has 17 heavy (non-hydrogen) atoms. The van der Waals surface area contributed by atoms with Gasteiger partial charge < -0.3 is 16.4 Å². The Morgan fingerprint density at radius 3 is 2.59 bits per heavy atom. The summed E-state index contributed by atoms with van der Waals surface area (Å²) in [6.45, 7) is 0.774. The molecule has 1 fully saturated rings. The maximum atomic E-state index is 13.1. The van der Waals surface area contributed by atoms with Crippen LogP contribution in [0, 0.1) is 17.6 Å². The molecule has 2 rings (SSSR count). The molecule has 0 radical (unpaired) electrons. The van der Waals surface area contributed by atoms with Crippen LogP contribution in [0.25, 0.3) is 0 Å². The monoisotopic (exact) mass is 241 g/mol. The average Bonchev–Trinajstić information content (AvgIpc) is 2.65. The van der Waals surface area contributed by atoms with Gasteiger partial charge in [-0.2, -0.15) is 0 Å². The van der Waals surface area contributed by atoms with Crippen molar-refractivity contribution in [2.45, 2.75) is 6.42 Å². The molecule has 1 amide bonds. The molecular formula is C11H13F2N3O. The van der Waals surface area contributed by atoms with Crippen LogP contribution in [0.4, 0.5) is 20.2 Å². The molecule has 4 N–H and O–H groups in total. The van der Waals surface area contributed by atoms with Crippen LogP contribution in [-0.4, -0.2) is 19.0 Å². The molecule has 0 bridgehead atoms. The van der Waals surface area contributed by atoms with Gasteiger partial charge in [0.2, 0.25) is 5.91 Å². The summed E-state index contributed by atoms with van der Waals surface area (Å²) in [5, 5.41) is 0. The zero-order valence-electron chi connectivity index (χ0n) is 9.12. The lowest BCUT2D eigenvalue weighted by Gasteiger charge is -2.18. The second-order valence-electron chi connectivity index (χ2n) is 4.14. The molecule has 0 aliphatic carbocycles. The first-order valence-electron chi connectivity index (χ1n) is 5.28. The van der Waals surface area contributed by atoms with Crippen molar-refractivity contribution in [2.24, 2.45) is 11.7 Å². The summed E-state index contributed by atoms with van der Waals surface area (Å²) in [6, 6.07) is 1.83. The Labute approximate surface area is 97.2 Å². The summed E-state index contributed by atoms with van der Waals surface area (Å²) < 4.78 is 26.0. The maximum Gasteiger partial charge on any atom is 0.227 e. The first kappa shape index (κ1) is 11.8. The Morgan fingerprint density at radius 1 is 1.35 bits per heavy atom. The fourth-order valence-corrected chi connectivity index (χ4v) is 1.96. The van der Waals surface area contributed by atoms with Gasteiger partial charge in [0, 0.05) is 25.1 Å². The van der Waals surface area contributed by atoms with E-state index in [2.05, 4.69) is 0 Å². The van der Waals surface area contributed by atoms with Gasteiger partial charge in [-0.05, 0) is 12.5 Å². The molecule has 92 valence electrons. The van der Waals surface area contributed by atoms with Crippen molar-refractivity contribution < 1.29 is 13.6 Å². The minimum absolute atomic E-state index is 0.0371. The van der Waals surface area contributed by atoms with Crippen LogP contribution in [0.5, 0.6) is 0 Å². The van der Waals surface area contributed by atoms with E-state index >= 15 is 0 Å². The number of nitrogens with zero attached hydrogens (tertiary/aromatic N) is 1. The average molecular weight is 241 g/mol. The number of benzene rings is 1. The normalized spacial score (nSPS) is 20.1. The summed E-state index contributed by atoms with van der Waals surface area (Å²) in [4.78, 5) is 13.0. The third-order valence-electron chi connectivity index (χ3n) is 2.90. The topological polar surface area (TPSA) is 72.4 Å². The Morgan fingerprint density at radius 2 is 2.00 bits per heavy atom. The van der Waals surface area contributed by atoms with Crippen LogP contribution in [0.15, 0.2) is 12.1 Å². The number of anilines is 2. The van der Waals surface area contributed by atoms with E-state index in [1.54, 1.807) is 0 Å². The van der Waals surface area contributed by atoms with E-state index < -0.39 is 11.6 Å². The maximum absolute atomic E-state index is 13.1. The van der Waals surface area contributed by atoms with Gasteiger partial charge >= 0.3 is 0 Å². The smallest absolute Gasteiger partial charge is 0.227 e. The zero-order chi connectivity index (χ0) is 12.6. The van der Waals surface area contributed by atoms with Gasteiger partial charge in [-0.15, -0.1) is 0 Å². The molecule has 4 nitrogen and oxygen atoms in total. The highest BCUT2D eigenvalue weighted by Gasteiger charge is 2.31. The second kappa shape index (κ2) is 4.29. The van der Waals surface area contributed by atoms with Crippen molar-refractivity contribution >= 4 is 17.3 Å². The minimum atomic E-state index is -1.02. The highest BCUT2D eigenvalue weighted by Crippen LogP contribution is 2.31. The Hall–Kier alpha value is -1.69. The molecule has 1 aliphatic heterocycles.